The molecule has 8 nitrogen and oxygen atoms in total. The van der Waals surface area contributed by atoms with E-state index < -0.39 is 59.6 Å². The third kappa shape index (κ3) is 3.45. The summed E-state index contributed by atoms with van der Waals surface area (Å²) < 4.78 is 22.3. The molecule has 7 atom stereocenters. The summed E-state index contributed by atoms with van der Waals surface area (Å²) in [5, 5.41) is 0. The number of rotatable bonds is 3. The highest BCUT2D eigenvalue weighted by Crippen LogP contribution is 2.59. The molecule has 3 fully saturated rings. The van der Waals surface area contributed by atoms with E-state index in [9.17, 15) is 19.2 Å². The Morgan fingerprint density at radius 2 is 1.48 bits per heavy atom. The lowest BCUT2D eigenvalue weighted by molar-refractivity contribution is -0.213. The first-order valence-corrected chi connectivity index (χ1v) is 9.56. The van der Waals surface area contributed by atoms with Gasteiger partial charge < -0.3 is 18.9 Å². The first kappa shape index (κ1) is 21.1. The maximum atomic E-state index is 12.2. The quantitative estimate of drug-likeness (QED) is 0.303. The van der Waals surface area contributed by atoms with Crippen molar-refractivity contribution in [3.63, 3.8) is 0 Å². The van der Waals surface area contributed by atoms with Crippen molar-refractivity contribution >= 4 is 23.9 Å². The molecule has 8 heteroatoms. The molecule has 1 saturated heterocycles. The zero-order valence-electron chi connectivity index (χ0n) is 17.1. The smallest absolute Gasteiger partial charge is 0.334 e. The molecular formula is C21H26O8. The van der Waals surface area contributed by atoms with Gasteiger partial charge >= 0.3 is 23.9 Å². The summed E-state index contributed by atoms with van der Waals surface area (Å²) in [4.78, 5) is 47.6. The van der Waals surface area contributed by atoms with Crippen LogP contribution in [0.3, 0.4) is 0 Å². The van der Waals surface area contributed by atoms with Crippen LogP contribution < -0.4 is 0 Å². The van der Waals surface area contributed by atoms with Gasteiger partial charge in [-0.15, -0.1) is 0 Å². The van der Waals surface area contributed by atoms with Crippen molar-refractivity contribution in [1.82, 2.24) is 0 Å². The van der Waals surface area contributed by atoms with Crippen LogP contribution in [0.2, 0.25) is 0 Å². The second-order valence-corrected chi connectivity index (χ2v) is 8.19. The van der Waals surface area contributed by atoms with Gasteiger partial charge in [-0.05, 0) is 12.0 Å². The van der Waals surface area contributed by atoms with Crippen molar-refractivity contribution in [2.24, 2.45) is 17.3 Å². The topological polar surface area (TPSA) is 105 Å². The summed E-state index contributed by atoms with van der Waals surface area (Å²) >= 11 is 0. The zero-order valence-corrected chi connectivity index (χ0v) is 17.1. The second kappa shape index (κ2) is 7.31. The molecule has 3 aliphatic rings. The van der Waals surface area contributed by atoms with Crippen LogP contribution in [0.1, 0.15) is 40.5 Å². The summed E-state index contributed by atoms with van der Waals surface area (Å²) in [6.45, 7) is 13.7. The van der Waals surface area contributed by atoms with Crippen LogP contribution in [-0.2, 0) is 38.1 Å². The zero-order chi connectivity index (χ0) is 21.7. The van der Waals surface area contributed by atoms with Crippen LogP contribution in [-0.4, -0.2) is 48.3 Å². The number of esters is 4. The molecule has 2 saturated carbocycles. The minimum Gasteiger partial charge on any atom is -0.462 e. The molecule has 7 unspecified atom stereocenters. The summed E-state index contributed by atoms with van der Waals surface area (Å²) in [7, 11) is 0. The van der Waals surface area contributed by atoms with Crippen LogP contribution in [0.5, 0.6) is 0 Å². The van der Waals surface area contributed by atoms with E-state index in [4.69, 9.17) is 18.9 Å². The normalized spacial score (nSPS) is 38.4. The average Bonchev–Trinajstić information content (AvgIpc) is 2.86. The van der Waals surface area contributed by atoms with Crippen LogP contribution >= 0.6 is 0 Å². The van der Waals surface area contributed by atoms with Gasteiger partial charge in [0.05, 0.1) is 5.41 Å². The summed E-state index contributed by atoms with van der Waals surface area (Å²) in [5.41, 5.74) is -0.0713. The molecule has 0 amide bonds. The first-order valence-electron chi connectivity index (χ1n) is 9.56. The van der Waals surface area contributed by atoms with Gasteiger partial charge in [-0.1, -0.05) is 20.1 Å². The van der Waals surface area contributed by atoms with Gasteiger partial charge in [0.25, 0.3) is 0 Å². The predicted octanol–water partition coefficient (Wildman–Crippen LogP) is 1.87. The van der Waals surface area contributed by atoms with Gasteiger partial charge in [0.15, 0.2) is 0 Å². The first-order chi connectivity index (χ1) is 13.5. The Kier molecular flexibility index (Phi) is 5.32. The van der Waals surface area contributed by atoms with E-state index in [2.05, 4.69) is 13.2 Å². The molecule has 1 aliphatic heterocycles. The van der Waals surface area contributed by atoms with Gasteiger partial charge in [-0.2, -0.15) is 0 Å². The summed E-state index contributed by atoms with van der Waals surface area (Å²) in [6, 6.07) is 0. The molecule has 29 heavy (non-hydrogen) atoms. The van der Waals surface area contributed by atoms with E-state index in [0.29, 0.717) is 17.6 Å². The number of hydrogen-bond acceptors (Lipinski definition) is 8. The molecule has 0 aromatic heterocycles. The number of carbonyl (C=O) groups is 4. The van der Waals surface area contributed by atoms with Crippen molar-refractivity contribution in [3.05, 3.63) is 24.3 Å². The molecule has 0 aromatic carbocycles. The fourth-order valence-electron chi connectivity index (χ4n) is 5.14. The molecule has 158 valence electrons. The van der Waals surface area contributed by atoms with Gasteiger partial charge in [0, 0.05) is 44.6 Å². The van der Waals surface area contributed by atoms with Crippen LogP contribution in [0.25, 0.3) is 0 Å². The Balaban J connectivity index is 2.11. The lowest BCUT2D eigenvalue weighted by atomic mass is 9.52. The number of fused-ring (bicyclic) bond motifs is 3. The number of carbonyl (C=O) groups excluding carboxylic acids is 4. The highest BCUT2D eigenvalue weighted by Gasteiger charge is 2.66. The minimum absolute atomic E-state index is 0.176. The van der Waals surface area contributed by atoms with Crippen molar-refractivity contribution in [3.8, 4) is 0 Å². The van der Waals surface area contributed by atoms with Gasteiger partial charge in [-0.3, -0.25) is 14.4 Å². The van der Waals surface area contributed by atoms with Gasteiger partial charge in [-0.25, -0.2) is 4.79 Å². The molecule has 0 aromatic rings. The maximum absolute atomic E-state index is 12.2. The Labute approximate surface area is 169 Å². The lowest BCUT2D eigenvalue weighted by Gasteiger charge is -2.57. The fraction of sp³-hybridized carbons (Fsp3) is 0.619. The van der Waals surface area contributed by atoms with E-state index in [-0.39, 0.29) is 12.3 Å². The summed E-state index contributed by atoms with van der Waals surface area (Å²) in [5.74, 6) is -2.96. The monoisotopic (exact) mass is 406 g/mol. The van der Waals surface area contributed by atoms with Gasteiger partial charge in [0.1, 0.15) is 24.4 Å². The second-order valence-electron chi connectivity index (χ2n) is 8.19. The molecule has 0 bridgehead atoms. The van der Waals surface area contributed by atoms with Crippen molar-refractivity contribution in [2.75, 3.05) is 0 Å². The molecule has 1 heterocycles. The predicted molar refractivity (Wildman–Crippen MR) is 99.1 cm³/mol. The highest BCUT2D eigenvalue weighted by atomic mass is 16.6. The van der Waals surface area contributed by atoms with Crippen LogP contribution in [0.4, 0.5) is 0 Å². The van der Waals surface area contributed by atoms with E-state index >= 15 is 0 Å². The van der Waals surface area contributed by atoms with E-state index in [1.165, 1.54) is 20.8 Å². The molecule has 3 rings (SSSR count). The van der Waals surface area contributed by atoms with E-state index in [0.717, 1.165) is 0 Å². The van der Waals surface area contributed by atoms with E-state index in [1.54, 1.807) is 0 Å². The standard InChI is InChI=1S/C21H26O8/c1-9-14-7-16(27-12(4)23)21(6)17(28-13(5)24)8-15(26-11(3)22)10(2)18(21)19(14)29-20(9)25/h14-19H,1-2,7-8H2,3-6H3. The molecule has 0 spiro atoms. The fourth-order valence-corrected chi connectivity index (χ4v) is 5.14. The largest absolute Gasteiger partial charge is 0.462 e. The Hall–Kier alpha value is -2.64. The Morgan fingerprint density at radius 3 is 2.00 bits per heavy atom. The Morgan fingerprint density at radius 1 is 0.966 bits per heavy atom. The average molecular weight is 406 g/mol. The summed E-state index contributed by atoms with van der Waals surface area (Å²) in [6.07, 6.45) is -2.26. The third-order valence-corrected chi connectivity index (χ3v) is 6.37. The van der Waals surface area contributed by atoms with Crippen molar-refractivity contribution < 1.29 is 38.1 Å². The number of hydrogen-bond donors (Lipinski definition) is 0. The van der Waals surface area contributed by atoms with E-state index in [1.807, 2.05) is 6.92 Å². The minimum atomic E-state index is -0.920. The van der Waals surface area contributed by atoms with Crippen LogP contribution in [0, 0.1) is 17.3 Å². The Bertz CT molecular complexity index is 799. The molecule has 2 aliphatic carbocycles. The number of ether oxygens (including phenoxy) is 4. The lowest BCUT2D eigenvalue weighted by Crippen LogP contribution is -2.64. The molecule has 0 N–H and O–H groups in total. The van der Waals surface area contributed by atoms with Crippen molar-refractivity contribution in [2.45, 2.75) is 65.0 Å². The molecule has 0 radical (unpaired) electrons. The highest BCUT2D eigenvalue weighted by molar-refractivity contribution is 5.91. The molecular weight excluding hydrogens is 380 g/mol. The van der Waals surface area contributed by atoms with Crippen molar-refractivity contribution in [1.29, 1.82) is 0 Å². The SMILES string of the molecule is C=C1C(=O)OC2C1CC(OC(C)=O)C1(C)C(OC(C)=O)CC(OC(C)=O)C(=C)C21. The van der Waals surface area contributed by atoms with Gasteiger partial charge in [0.2, 0.25) is 0 Å². The maximum Gasteiger partial charge on any atom is 0.334 e. The third-order valence-electron chi connectivity index (χ3n) is 6.37. The van der Waals surface area contributed by atoms with Crippen LogP contribution in [0.15, 0.2) is 24.3 Å².